The van der Waals surface area contributed by atoms with Crippen LogP contribution in [0.4, 0.5) is 11.4 Å². The summed E-state index contributed by atoms with van der Waals surface area (Å²) in [5.41, 5.74) is 3.39. The average molecular weight is 487 g/mol. The summed E-state index contributed by atoms with van der Waals surface area (Å²) in [4.78, 5) is 20.0. The fourth-order valence-corrected chi connectivity index (χ4v) is 5.51. The van der Waals surface area contributed by atoms with E-state index in [1.807, 2.05) is 12.1 Å². The highest BCUT2D eigenvalue weighted by Crippen LogP contribution is 2.29. The van der Waals surface area contributed by atoms with Crippen LogP contribution in [0.25, 0.3) is 0 Å². The number of carbonyl (C=O) groups is 1. The molecule has 0 saturated carbocycles. The Kier molecular flexibility index (Phi) is 7.45. The topological polar surface area (TPSA) is 73.4 Å². The van der Waals surface area contributed by atoms with Gasteiger partial charge in [-0.1, -0.05) is 18.2 Å². The van der Waals surface area contributed by atoms with Gasteiger partial charge in [-0.3, -0.25) is 4.79 Å². The number of hydrogen-bond donors (Lipinski definition) is 0. The summed E-state index contributed by atoms with van der Waals surface area (Å²) in [6.07, 6.45) is 2.36. The molecule has 0 atom stereocenters. The van der Waals surface area contributed by atoms with Crippen molar-refractivity contribution >= 4 is 27.3 Å². The molecule has 2 aliphatic heterocycles. The van der Waals surface area contributed by atoms with Gasteiger partial charge in [0.2, 0.25) is 10.0 Å². The smallest absolute Gasteiger partial charge is 0.256 e. The third kappa shape index (κ3) is 5.06. The third-order valence-corrected chi connectivity index (χ3v) is 8.33. The van der Waals surface area contributed by atoms with Gasteiger partial charge in [-0.25, -0.2) is 12.7 Å². The Hall–Kier alpha value is -2.62. The van der Waals surface area contributed by atoms with Gasteiger partial charge in [0.15, 0.2) is 0 Å². The van der Waals surface area contributed by atoms with Gasteiger partial charge >= 0.3 is 0 Å². The van der Waals surface area contributed by atoms with Crippen molar-refractivity contribution in [1.29, 1.82) is 0 Å². The number of sulfonamides is 1. The molecule has 0 bridgehead atoms. The summed E-state index contributed by atoms with van der Waals surface area (Å²) in [5, 5.41) is 0. The maximum atomic E-state index is 13.7. The Morgan fingerprint density at radius 2 is 1.56 bits per heavy atom. The summed E-state index contributed by atoms with van der Waals surface area (Å²) in [6.45, 7) is 4.96. The van der Waals surface area contributed by atoms with E-state index in [0.29, 0.717) is 38.4 Å². The van der Waals surface area contributed by atoms with Crippen LogP contribution in [-0.2, 0) is 21.3 Å². The number of para-hydroxylation sites is 1. The van der Waals surface area contributed by atoms with E-state index in [-0.39, 0.29) is 10.8 Å². The van der Waals surface area contributed by atoms with E-state index in [1.54, 1.807) is 24.1 Å². The van der Waals surface area contributed by atoms with Gasteiger partial charge in [0, 0.05) is 65.2 Å². The second-order valence-corrected chi connectivity index (χ2v) is 11.2. The monoisotopic (exact) mass is 486 g/mol. The van der Waals surface area contributed by atoms with Crippen LogP contribution in [0.15, 0.2) is 47.4 Å². The minimum atomic E-state index is -3.67. The zero-order chi connectivity index (χ0) is 24.3. The molecule has 2 saturated heterocycles. The van der Waals surface area contributed by atoms with E-state index in [2.05, 4.69) is 21.9 Å². The van der Waals surface area contributed by atoms with Gasteiger partial charge in [0.25, 0.3) is 5.91 Å². The molecule has 1 amide bonds. The summed E-state index contributed by atoms with van der Waals surface area (Å²) in [6, 6.07) is 13.1. The van der Waals surface area contributed by atoms with Crippen LogP contribution in [0.2, 0.25) is 0 Å². The normalized spacial score (nSPS) is 16.8. The molecular weight excluding hydrogens is 452 g/mol. The van der Waals surface area contributed by atoms with Crippen molar-refractivity contribution in [3.05, 3.63) is 53.6 Å². The number of rotatable bonds is 7. The van der Waals surface area contributed by atoms with Crippen molar-refractivity contribution in [2.75, 3.05) is 70.3 Å². The lowest BCUT2D eigenvalue weighted by Gasteiger charge is -2.31. The van der Waals surface area contributed by atoms with Crippen LogP contribution in [-0.4, -0.2) is 84.1 Å². The Morgan fingerprint density at radius 3 is 2.24 bits per heavy atom. The molecule has 0 aromatic heterocycles. The van der Waals surface area contributed by atoms with Crippen molar-refractivity contribution in [2.24, 2.45) is 0 Å². The molecule has 0 unspecified atom stereocenters. The number of morpholine rings is 1. The van der Waals surface area contributed by atoms with Crippen LogP contribution in [0.1, 0.15) is 28.8 Å². The molecule has 34 heavy (non-hydrogen) atoms. The first-order valence-electron chi connectivity index (χ1n) is 11.8. The van der Waals surface area contributed by atoms with Gasteiger partial charge in [0.1, 0.15) is 0 Å². The zero-order valence-electron chi connectivity index (χ0n) is 20.2. The average Bonchev–Trinajstić information content (AvgIpc) is 3.39. The van der Waals surface area contributed by atoms with Crippen molar-refractivity contribution in [3.63, 3.8) is 0 Å². The van der Waals surface area contributed by atoms with Gasteiger partial charge in [-0.2, -0.15) is 0 Å². The van der Waals surface area contributed by atoms with E-state index in [9.17, 15) is 13.2 Å². The summed E-state index contributed by atoms with van der Waals surface area (Å²) in [5.74, 6) is -0.200. The number of carbonyl (C=O) groups excluding carboxylic acids is 1. The number of ether oxygens (including phenoxy) is 1. The molecule has 2 aromatic rings. The number of anilines is 2. The highest BCUT2D eigenvalue weighted by Gasteiger charge is 2.26. The highest BCUT2D eigenvalue weighted by molar-refractivity contribution is 7.89. The third-order valence-electron chi connectivity index (χ3n) is 6.52. The zero-order valence-corrected chi connectivity index (χ0v) is 21.1. The van der Waals surface area contributed by atoms with Crippen LogP contribution in [0.3, 0.4) is 0 Å². The predicted octanol–water partition coefficient (Wildman–Crippen LogP) is 2.65. The largest absolute Gasteiger partial charge is 0.378 e. The Balaban J connectivity index is 1.67. The first-order valence-corrected chi connectivity index (χ1v) is 13.2. The molecular formula is C25H34N4O4S. The molecule has 4 rings (SSSR count). The van der Waals surface area contributed by atoms with E-state index in [4.69, 9.17) is 4.74 Å². The lowest BCUT2D eigenvalue weighted by atomic mass is 10.1. The molecule has 0 N–H and O–H groups in total. The molecule has 2 fully saturated rings. The molecule has 2 heterocycles. The van der Waals surface area contributed by atoms with Crippen molar-refractivity contribution in [2.45, 2.75) is 24.3 Å². The first-order chi connectivity index (χ1) is 16.3. The SMILES string of the molecule is CN(Cc1ccccc1N1CCCC1)C(=O)c1cc(S(=O)(=O)N(C)C)ccc1N1CCOCC1. The lowest BCUT2D eigenvalue weighted by molar-refractivity contribution is 0.0784. The Labute approximate surface area is 202 Å². The van der Waals surface area contributed by atoms with Gasteiger partial charge < -0.3 is 19.4 Å². The van der Waals surface area contributed by atoms with E-state index < -0.39 is 10.0 Å². The first kappa shape index (κ1) is 24.5. The Morgan fingerprint density at radius 1 is 0.912 bits per heavy atom. The molecule has 0 spiro atoms. The number of hydrogen-bond acceptors (Lipinski definition) is 6. The summed E-state index contributed by atoms with van der Waals surface area (Å²) in [7, 11) is 1.10. The molecule has 184 valence electrons. The second-order valence-electron chi connectivity index (χ2n) is 9.05. The van der Waals surface area contributed by atoms with E-state index in [1.165, 1.54) is 37.3 Å². The maximum Gasteiger partial charge on any atom is 0.256 e. The quantitative estimate of drug-likeness (QED) is 0.599. The maximum absolute atomic E-state index is 13.7. The Bertz CT molecular complexity index is 1120. The molecule has 0 radical (unpaired) electrons. The molecule has 2 aromatic carbocycles. The molecule has 9 heteroatoms. The highest BCUT2D eigenvalue weighted by atomic mass is 32.2. The number of nitrogens with zero attached hydrogens (tertiary/aromatic N) is 4. The summed E-state index contributed by atoms with van der Waals surface area (Å²) >= 11 is 0. The molecule has 2 aliphatic rings. The van der Waals surface area contributed by atoms with E-state index >= 15 is 0 Å². The summed E-state index contributed by atoms with van der Waals surface area (Å²) < 4.78 is 32.3. The van der Waals surface area contributed by atoms with Crippen LogP contribution < -0.4 is 9.80 Å². The van der Waals surface area contributed by atoms with Gasteiger partial charge in [-0.15, -0.1) is 0 Å². The minimum absolute atomic E-state index is 0.115. The van der Waals surface area contributed by atoms with Crippen molar-refractivity contribution < 1.29 is 17.9 Å². The fraction of sp³-hybridized carbons (Fsp3) is 0.480. The van der Waals surface area contributed by atoms with Gasteiger partial charge in [-0.05, 0) is 42.7 Å². The predicted molar refractivity (Wildman–Crippen MR) is 134 cm³/mol. The van der Waals surface area contributed by atoms with Crippen LogP contribution in [0, 0.1) is 0 Å². The standard InChI is InChI=1S/C25H34N4O4S/c1-26(2)34(31,32)21-10-11-24(29-14-16-33-17-15-29)22(18-21)25(30)27(3)19-20-8-4-5-9-23(20)28-12-6-7-13-28/h4-5,8-11,18H,6-7,12-17,19H2,1-3H3. The van der Waals surface area contributed by atoms with Crippen LogP contribution >= 0.6 is 0 Å². The van der Waals surface area contributed by atoms with Gasteiger partial charge in [0.05, 0.1) is 23.7 Å². The second kappa shape index (κ2) is 10.3. The number of amides is 1. The minimum Gasteiger partial charge on any atom is -0.378 e. The van der Waals surface area contributed by atoms with Crippen molar-refractivity contribution in [1.82, 2.24) is 9.21 Å². The molecule has 0 aliphatic carbocycles. The molecule has 8 nitrogen and oxygen atoms in total. The van der Waals surface area contributed by atoms with E-state index in [0.717, 1.165) is 30.0 Å². The fourth-order valence-electron chi connectivity index (χ4n) is 4.58. The lowest BCUT2D eigenvalue weighted by Crippen LogP contribution is -2.38. The van der Waals surface area contributed by atoms with Crippen LogP contribution in [0.5, 0.6) is 0 Å². The number of benzene rings is 2. The van der Waals surface area contributed by atoms with Crippen molar-refractivity contribution in [3.8, 4) is 0 Å².